The Balaban J connectivity index is 2.09. The Labute approximate surface area is 170 Å². The minimum atomic E-state index is -1.28. The molecule has 2 rings (SSSR count). The quantitative estimate of drug-likeness (QED) is 0.646. The molecule has 1 aromatic carbocycles. The summed E-state index contributed by atoms with van der Waals surface area (Å²) in [4.78, 5) is 53.8. The zero-order valence-electron chi connectivity index (χ0n) is 17.5. The lowest BCUT2D eigenvalue weighted by molar-refractivity contribution is -0.141. The lowest BCUT2D eigenvalue weighted by Gasteiger charge is -2.25. The van der Waals surface area contributed by atoms with Crippen molar-refractivity contribution < 1.29 is 23.9 Å². The van der Waals surface area contributed by atoms with Gasteiger partial charge in [-0.15, -0.1) is 0 Å². The molecule has 0 aliphatic carbocycles. The van der Waals surface area contributed by atoms with E-state index in [1.165, 1.54) is 19.1 Å². The topological polar surface area (TPSA) is 99.3 Å². The van der Waals surface area contributed by atoms with E-state index in [1.807, 2.05) is 13.8 Å². The van der Waals surface area contributed by atoms with Gasteiger partial charge in [-0.3, -0.25) is 19.3 Å². The summed E-state index contributed by atoms with van der Waals surface area (Å²) in [7, 11) is 3.01. The molecule has 29 heavy (non-hydrogen) atoms. The molecule has 1 aromatic rings. The predicted molar refractivity (Wildman–Crippen MR) is 106 cm³/mol. The molecular weight excluding hydrogens is 376 g/mol. The maximum absolute atomic E-state index is 12.9. The first-order valence-electron chi connectivity index (χ1n) is 9.48. The molecule has 9 nitrogen and oxygen atoms in total. The Morgan fingerprint density at radius 1 is 1.10 bits per heavy atom. The summed E-state index contributed by atoms with van der Waals surface area (Å²) in [6.45, 7) is 5.85. The summed E-state index contributed by atoms with van der Waals surface area (Å²) < 4.78 is 5.11. The van der Waals surface area contributed by atoms with E-state index in [1.54, 1.807) is 36.1 Å². The standard InChI is InChI=1S/C20H28N4O5/c1-6-23(7-2)17(26)12-22(4)16(25)13-24-18(27)20(3,21-19(24)28)14-8-10-15(29-5)11-9-14/h8-11H,6-7,12-13H2,1-5H3,(H,21,28)/t20-/m1/s1. The Kier molecular flexibility index (Phi) is 6.84. The van der Waals surface area contributed by atoms with Gasteiger partial charge in [-0.1, -0.05) is 12.1 Å². The van der Waals surface area contributed by atoms with Crippen LogP contribution < -0.4 is 10.1 Å². The lowest BCUT2D eigenvalue weighted by Crippen LogP contribution is -2.46. The minimum absolute atomic E-state index is 0.111. The molecule has 1 aliphatic heterocycles. The number of urea groups is 1. The number of hydrogen-bond acceptors (Lipinski definition) is 5. The largest absolute Gasteiger partial charge is 0.497 e. The first-order chi connectivity index (χ1) is 13.7. The molecule has 1 heterocycles. The van der Waals surface area contributed by atoms with Crippen molar-refractivity contribution in [2.45, 2.75) is 26.3 Å². The van der Waals surface area contributed by atoms with E-state index < -0.39 is 29.9 Å². The second-order valence-corrected chi connectivity index (χ2v) is 6.99. The highest BCUT2D eigenvalue weighted by Crippen LogP contribution is 2.30. The van der Waals surface area contributed by atoms with Gasteiger partial charge in [0.15, 0.2) is 0 Å². The van der Waals surface area contributed by atoms with Gasteiger partial charge in [0.1, 0.15) is 17.8 Å². The van der Waals surface area contributed by atoms with Crippen LogP contribution in [0.15, 0.2) is 24.3 Å². The maximum atomic E-state index is 12.9. The Bertz CT molecular complexity index is 791. The third-order valence-corrected chi connectivity index (χ3v) is 5.15. The average Bonchev–Trinajstić information content (AvgIpc) is 2.92. The van der Waals surface area contributed by atoms with Gasteiger partial charge in [0.25, 0.3) is 5.91 Å². The number of ether oxygens (including phenoxy) is 1. The molecule has 1 atom stereocenters. The van der Waals surface area contributed by atoms with Crippen molar-refractivity contribution in [2.24, 2.45) is 0 Å². The fourth-order valence-electron chi connectivity index (χ4n) is 3.18. The number of nitrogens with one attached hydrogen (secondary N) is 1. The molecule has 9 heteroatoms. The van der Waals surface area contributed by atoms with Crippen LogP contribution in [0.5, 0.6) is 5.75 Å². The van der Waals surface area contributed by atoms with Gasteiger partial charge in [0, 0.05) is 20.1 Å². The van der Waals surface area contributed by atoms with Crippen LogP contribution in [-0.4, -0.2) is 78.8 Å². The summed E-state index contributed by atoms with van der Waals surface area (Å²) in [5.74, 6) is -0.579. The number of hydrogen-bond donors (Lipinski definition) is 1. The second kappa shape index (κ2) is 8.93. The minimum Gasteiger partial charge on any atom is -0.497 e. The summed E-state index contributed by atoms with van der Waals surface area (Å²) >= 11 is 0. The first kappa shape index (κ1) is 22.2. The van der Waals surface area contributed by atoms with Crippen molar-refractivity contribution in [1.82, 2.24) is 20.0 Å². The lowest BCUT2D eigenvalue weighted by atomic mass is 9.92. The van der Waals surface area contributed by atoms with Crippen molar-refractivity contribution >= 4 is 23.8 Å². The van der Waals surface area contributed by atoms with E-state index in [-0.39, 0.29) is 12.5 Å². The van der Waals surface area contributed by atoms with Crippen LogP contribution in [0.2, 0.25) is 0 Å². The number of likely N-dealkylation sites (N-methyl/N-ethyl adjacent to an activating group) is 2. The van der Waals surface area contributed by atoms with Crippen molar-refractivity contribution in [3.63, 3.8) is 0 Å². The molecule has 0 aromatic heterocycles. The van der Waals surface area contributed by atoms with Gasteiger partial charge in [0.05, 0.1) is 13.7 Å². The van der Waals surface area contributed by atoms with Gasteiger partial charge in [-0.2, -0.15) is 0 Å². The number of carbonyl (C=O) groups excluding carboxylic acids is 4. The van der Waals surface area contributed by atoms with Crippen LogP contribution >= 0.6 is 0 Å². The van der Waals surface area contributed by atoms with Crippen molar-refractivity contribution in [2.75, 3.05) is 40.3 Å². The summed E-state index contributed by atoms with van der Waals surface area (Å²) in [5, 5.41) is 2.66. The van der Waals surface area contributed by atoms with E-state index >= 15 is 0 Å². The average molecular weight is 404 g/mol. The fraction of sp³-hybridized carbons (Fsp3) is 0.500. The molecule has 5 amide bonds. The summed E-state index contributed by atoms with van der Waals surface area (Å²) in [6, 6.07) is 6.13. The molecule has 0 unspecified atom stereocenters. The van der Waals surface area contributed by atoms with Gasteiger partial charge >= 0.3 is 6.03 Å². The monoisotopic (exact) mass is 404 g/mol. The van der Waals surface area contributed by atoms with Crippen LogP contribution in [0, 0.1) is 0 Å². The number of benzene rings is 1. The zero-order valence-corrected chi connectivity index (χ0v) is 17.5. The normalized spacial score (nSPS) is 18.4. The molecule has 1 fully saturated rings. The number of methoxy groups -OCH3 is 1. The van der Waals surface area contributed by atoms with E-state index in [0.717, 1.165) is 4.90 Å². The SMILES string of the molecule is CCN(CC)C(=O)CN(C)C(=O)CN1C(=O)N[C@](C)(c2ccc(OC)cc2)C1=O. The van der Waals surface area contributed by atoms with E-state index in [0.29, 0.717) is 24.4 Å². The number of rotatable bonds is 8. The Morgan fingerprint density at radius 3 is 2.21 bits per heavy atom. The van der Waals surface area contributed by atoms with Crippen LogP contribution in [-0.2, 0) is 19.9 Å². The third kappa shape index (κ3) is 4.49. The van der Waals surface area contributed by atoms with Gasteiger partial charge in [0.2, 0.25) is 11.8 Å². The fourth-order valence-corrected chi connectivity index (χ4v) is 3.18. The zero-order chi connectivity index (χ0) is 21.8. The van der Waals surface area contributed by atoms with Crippen LogP contribution in [0.4, 0.5) is 4.79 Å². The number of imide groups is 1. The number of nitrogens with zero attached hydrogens (tertiary/aromatic N) is 3. The number of carbonyl (C=O) groups is 4. The Hall–Kier alpha value is -3.10. The second-order valence-electron chi connectivity index (χ2n) is 6.99. The highest BCUT2D eigenvalue weighted by molar-refractivity contribution is 6.09. The van der Waals surface area contributed by atoms with E-state index in [2.05, 4.69) is 5.32 Å². The molecular formula is C20H28N4O5. The molecule has 0 bridgehead atoms. The number of amides is 5. The highest BCUT2D eigenvalue weighted by atomic mass is 16.5. The van der Waals surface area contributed by atoms with E-state index in [4.69, 9.17) is 4.74 Å². The molecule has 1 aliphatic rings. The third-order valence-electron chi connectivity index (χ3n) is 5.15. The van der Waals surface area contributed by atoms with Crippen molar-refractivity contribution in [1.29, 1.82) is 0 Å². The van der Waals surface area contributed by atoms with Gasteiger partial charge in [-0.05, 0) is 38.5 Å². The van der Waals surface area contributed by atoms with Gasteiger partial charge in [-0.25, -0.2) is 4.79 Å². The molecule has 1 saturated heterocycles. The van der Waals surface area contributed by atoms with Crippen molar-refractivity contribution in [3.05, 3.63) is 29.8 Å². The van der Waals surface area contributed by atoms with Crippen LogP contribution in [0.3, 0.4) is 0 Å². The van der Waals surface area contributed by atoms with Gasteiger partial charge < -0.3 is 19.9 Å². The summed E-state index contributed by atoms with van der Waals surface area (Å²) in [5.41, 5.74) is -0.698. The molecule has 0 saturated carbocycles. The van der Waals surface area contributed by atoms with Crippen molar-refractivity contribution in [3.8, 4) is 5.75 Å². The summed E-state index contributed by atoms with van der Waals surface area (Å²) in [6.07, 6.45) is 0. The Morgan fingerprint density at radius 2 is 1.69 bits per heavy atom. The predicted octanol–water partition coefficient (Wildman–Crippen LogP) is 0.789. The smallest absolute Gasteiger partial charge is 0.325 e. The molecule has 158 valence electrons. The van der Waals surface area contributed by atoms with Crippen LogP contribution in [0.25, 0.3) is 0 Å². The maximum Gasteiger partial charge on any atom is 0.325 e. The molecule has 0 radical (unpaired) electrons. The van der Waals surface area contributed by atoms with Crippen LogP contribution in [0.1, 0.15) is 26.3 Å². The first-order valence-corrected chi connectivity index (χ1v) is 9.48. The van der Waals surface area contributed by atoms with E-state index in [9.17, 15) is 19.2 Å². The highest BCUT2D eigenvalue weighted by Gasteiger charge is 2.49. The molecule has 0 spiro atoms. The molecule has 1 N–H and O–H groups in total.